The lowest BCUT2D eigenvalue weighted by molar-refractivity contribution is -0.134. The fourth-order valence-corrected chi connectivity index (χ4v) is 4.61. The van der Waals surface area contributed by atoms with E-state index in [1.165, 1.54) is 50.5 Å². The van der Waals surface area contributed by atoms with Crippen molar-refractivity contribution >= 4 is 5.97 Å². The number of esters is 1. The SMILES string of the molecule is CCCCCCCCCCCC(=O)Oc1ccc(C2CCc3ccc(OCC)cc3O2)c(OC)c1. The largest absolute Gasteiger partial charge is 0.496 e. The molecule has 0 N–H and O–H groups in total. The minimum absolute atomic E-state index is 0.124. The van der Waals surface area contributed by atoms with Gasteiger partial charge in [-0.25, -0.2) is 0 Å². The first-order chi connectivity index (χ1) is 17.1. The molecule has 0 amide bonds. The molecular formula is C30H42O5. The number of aryl methyl sites for hydroxylation is 1. The molecule has 0 fully saturated rings. The van der Waals surface area contributed by atoms with Crippen molar-refractivity contribution in [2.24, 2.45) is 0 Å². The second-order valence-corrected chi connectivity index (χ2v) is 9.30. The Labute approximate surface area is 211 Å². The maximum atomic E-state index is 12.3. The summed E-state index contributed by atoms with van der Waals surface area (Å²) in [4.78, 5) is 12.3. The molecule has 2 aromatic rings. The van der Waals surface area contributed by atoms with E-state index in [9.17, 15) is 4.79 Å². The fourth-order valence-electron chi connectivity index (χ4n) is 4.61. The standard InChI is InChI=1S/C30H42O5/c1-4-6-7-8-9-10-11-12-13-14-30(31)34-25-18-19-26(29(22-25)32-3)27-20-16-23-15-17-24(33-5-2)21-28(23)35-27/h15,17-19,21-22,27H,4-14,16,20H2,1-3H3. The highest BCUT2D eigenvalue weighted by molar-refractivity contribution is 5.72. The average molecular weight is 483 g/mol. The van der Waals surface area contributed by atoms with Crippen LogP contribution in [0.5, 0.6) is 23.0 Å². The van der Waals surface area contributed by atoms with Gasteiger partial charge in [0.2, 0.25) is 0 Å². The predicted molar refractivity (Wildman–Crippen MR) is 140 cm³/mol. The number of unbranched alkanes of at least 4 members (excludes halogenated alkanes) is 8. The normalized spacial score (nSPS) is 14.7. The maximum absolute atomic E-state index is 12.3. The first-order valence-electron chi connectivity index (χ1n) is 13.5. The number of hydrogen-bond acceptors (Lipinski definition) is 5. The molecule has 5 heteroatoms. The van der Waals surface area contributed by atoms with E-state index in [-0.39, 0.29) is 12.1 Å². The van der Waals surface area contributed by atoms with Crippen LogP contribution in [0, 0.1) is 0 Å². The van der Waals surface area contributed by atoms with Crippen LogP contribution < -0.4 is 18.9 Å². The summed E-state index contributed by atoms with van der Waals surface area (Å²) in [6.07, 6.45) is 13.1. The van der Waals surface area contributed by atoms with Crippen LogP contribution in [0.15, 0.2) is 36.4 Å². The van der Waals surface area contributed by atoms with Crippen LogP contribution in [0.4, 0.5) is 0 Å². The number of fused-ring (bicyclic) bond motifs is 1. The zero-order valence-electron chi connectivity index (χ0n) is 21.8. The van der Waals surface area contributed by atoms with Crippen LogP contribution in [-0.2, 0) is 11.2 Å². The first kappa shape index (κ1) is 26.9. The first-order valence-corrected chi connectivity index (χ1v) is 13.5. The molecule has 35 heavy (non-hydrogen) atoms. The summed E-state index contributed by atoms with van der Waals surface area (Å²) >= 11 is 0. The molecule has 1 aliphatic rings. The summed E-state index contributed by atoms with van der Waals surface area (Å²) in [5, 5.41) is 0. The van der Waals surface area contributed by atoms with Crippen molar-refractivity contribution in [3.8, 4) is 23.0 Å². The highest BCUT2D eigenvalue weighted by Gasteiger charge is 2.25. The van der Waals surface area contributed by atoms with Crippen LogP contribution in [-0.4, -0.2) is 19.7 Å². The molecule has 2 aromatic carbocycles. The van der Waals surface area contributed by atoms with Gasteiger partial charge in [-0.2, -0.15) is 0 Å². The Bertz CT molecular complexity index is 923. The maximum Gasteiger partial charge on any atom is 0.311 e. The minimum atomic E-state index is -0.186. The Morgan fingerprint density at radius 2 is 1.63 bits per heavy atom. The molecule has 1 aliphatic heterocycles. The number of benzene rings is 2. The van der Waals surface area contributed by atoms with E-state index in [0.717, 1.165) is 42.7 Å². The van der Waals surface area contributed by atoms with Crippen LogP contribution >= 0.6 is 0 Å². The van der Waals surface area contributed by atoms with Gasteiger partial charge in [-0.3, -0.25) is 4.79 Å². The van der Waals surface area contributed by atoms with Crippen molar-refractivity contribution in [1.29, 1.82) is 0 Å². The van der Waals surface area contributed by atoms with E-state index in [4.69, 9.17) is 18.9 Å². The Hall–Kier alpha value is -2.69. The Morgan fingerprint density at radius 3 is 2.34 bits per heavy atom. The van der Waals surface area contributed by atoms with Crippen LogP contribution in [0.2, 0.25) is 0 Å². The van der Waals surface area contributed by atoms with E-state index in [1.807, 2.05) is 31.2 Å². The monoisotopic (exact) mass is 482 g/mol. The molecule has 0 saturated heterocycles. The van der Waals surface area contributed by atoms with Crippen molar-refractivity contribution in [3.63, 3.8) is 0 Å². The van der Waals surface area contributed by atoms with Gasteiger partial charge in [0.15, 0.2) is 0 Å². The number of carbonyl (C=O) groups excluding carboxylic acids is 1. The summed E-state index contributed by atoms with van der Waals surface area (Å²) in [5.74, 6) is 2.67. The summed E-state index contributed by atoms with van der Waals surface area (Å²) in [6, 6.07) is 11.6. The number of carbonyl (C=O) groups is 1. The molecule has 1 heterocycles. The molecule has 0 bridgehead atoms. The molecule has 3 rings (SSSR count). The molecule has 0 aromatic heterocycles. The third-order valence-electron chi connectivity index (χ3n) is 6.56. The number of methoxy groups -OCH3 is 1. The lowest BCUT2D eigenvalue weighted by Gasteiger charge is -2.28. The fraction of sp³-hybridized carbons (Fsp3) is 0.567. The number of hydrogen-bond donors (Lipinski definition) is 0. The third-order valence-corrected chi connectivity index (χ3v) is 6.56. The molecule has 1 unspecified atom stereocenters. The lowest BCUT2D eigenvalue weighted by atomic mass is 9.96. The van der Waals surface area contributed by atoms with Gasteiger partial charge < -0.3 is 18.9 Å². The van der Waals surface area contributed by atoms with Gasteiger partial charge >= 0.3 is 5.97 Å². The van der Waals surface area contributed by atoms with E-state index < -0.39 is 0 Å². The van der Waals surface area contributed by atoms with Crippen molar-refractivity contribution in [2.45, 2.75) is 97.0 Å². The second-order valence-electron chi connectivity index (χ2n) is 9.30. The smallest absolute Gasteiger partial charge is 0.311 e. The van der Waals surface area contributed by atoms with Gasteiger partial charge in [0, 0.05) is 24.1 Å². The van der Waals surface area contributed by atoms with Crippen LogP contribution in [0.1, 0.15) is 102 Å². The summed E-state index contributed by atoms with van der Waals surface area (Å²) in [5.41, 5.74) is 2.14. The van der Waals surface area contributed by atoms with E-state index in [0.29, 0.717) is 24.5 Å². The van der Waals surface area contributed by atoms with E-state index in [2.05, 4.69) is 13.0 Å². The molecule has 5 nitrogen and oxygen atoms in total. The van der Waals surface area contributed by atoms with E-state index in [1.54, 1.807) is 13.2 Å². The Balaban J connectivity index is 1.48. The zero-order chi connectivity index (χ0) is 24.9. The van der Waals surface area contributed by atoms with Crippen molar-refractivity contribution in [1.82, 2.24) is 0 Å². The zero-order valence-corrected chi connectivity index (χ0v) is 21.8. The topological polar surface area (TPSA) is 54.0 Å². The third kappa shape index (κ3) is 8.48. The van der Waals surface area contributed by atoms with E-state index >= 15 is 0 Å². The van der Waals surface area contributed by atoms with Gasteiger partial charge in [-0.05, 0) is 49.9 Å². The second kappa shape index (κ2) is 14.7. The van der Waals surface area contributed by atoms with Gasteiger partial charge in [0.1, 0.15) is 29.1 Å². The van der Waals surface area contributed by atoms with Crippen LogP contribution in [0.3, 0.4) is 0 Å². The number of ether oxygens (including phenoxy) is 4. The Kier molecular flexibility index (Phi) is 11.3. The summed E-state index contributed by atoms with van der Waals surface area (Å²) in [7, 11) is 1.64. The van der Waals surface area contributed by atoms with Gasteiger partial charge in [0.25, 0.3) is 0 Å². The van der Waals surface area contributed by atoms with Gasteiger partial charge in [0.05, 0.1) is 13.7 Å². The molecule has 1 atom stereocenters. The van der Waals surface area contributed by atoms with Crippen molar-refractivity contribution in [2.75, 3.05) is 13.7 Å². The van der Waals surface area contributed by atoms with Gasteiger partial charge in [-0.15, -0.1) is 0 Å². The molecule has 0 saturated carbocycles. The molecule has 0 aliphatic carbocycles. The van der Waals surface area contributed by atoms with Crippen LogP contribution in [0.25, 0.3) is 0 Å². The predicted octanol–water partition coefficient (Wildman–Crippen LogP) is 7.99. The lowest BCUT2D eigenvalue weighted by Crippen LogP contribution is -2.16. The van der Waals surface area contributed by atoms with Gasteiger partial charge in [-0.1, -0.05) is 64.4 Å². The Morgan fingerprint density at radius 1 is 0.914 bits per heavy atom. The molecule has 192 valence electrons. The molecule has 0 radical (unpaired) electrons. The van der Waals surface area contributed by atoms with Crippen molar-refractivity contribution < 1.29 is 23.7 Å². The van der Waals surface area contributed by atoms with Crippen molar-refractivity contribution in [3.05, 3.63) is 47.5 Å². The quantitative estimate of drug-likeness (QED) is 0.146. The highest BCUT2D eigenvalue weighted by atomic mass is 16.5. The minimum Gasteiger partial charge on any atom is -0.496 e. The highest BCUT2D eigenvalue weighted by Crippen LogP contribution is 2.40. The average Bonchev–Trinajstić information content (AvgIpc) is 2.87. The summed E-state index contributed by atoms with van der Waals surface area (Å²) in [6.45, 7) is 4.83. The summed E-state index contributed by atoms with van der Waals surface area (Å²) < 4.78 is 23.2. The molecular weight excluding hydrogens is 440 g/mol. The number of rotatable bonds is 15. The molecule has 0 spiro atoms.